The predicted octanol–water partition coefficient (Wildman–Crippen LogP) is 12.3. The minimum absolute atomic E-state index is 0.374. The number of benzene rings is 4. The smallest absolute Gasteiger partial charge is 0.0397 e. The minimum Gasteiger partial charge on any atom is -0.384 e. The molecule has 0 fully saturated rings. The normalized spacial score (nSPS) is 16.9. The van der Waals surface area contributed by atoms with Gasteiger partial charge in [0.05, 0.1) is 0 Å². The second kappa shape index (κ2) is 16.5. The van der Waals surface area contributed by atoms with Crippen molar-refractivity contribution in [1.82, 2.24) is 5.32 Å². The van der Waals surface area contributed by atoms with E-state index in [0.717, 1.165) is 32.2 Å². The second-order valence-corrected chi connectivity index (χ2v) is 14.1. The Balaban J connectivity index is 0.988. The zero-order valence-electron chi connectivity index (χ0n) is 29.7. The lowest BCUT2D eigenvalue weighted by atomic mass is 9.73. The summed E-state index contributed by atoms with van der Waals surface area (Å²) in [7, 11) is 0. The summed E-state index contributed by atoms with van der Waals surface area (Å²) in [5.74, 6) is 1.37. The first-order valence-corrected chi connectivity index (χ1v) is 18.0. The maximum absolute atomic E-state index is 3.58. The molecule has 0 saturated carbocycles. The van der Waals surface area contributed by atoms with Crippen LogP contribution >= 0.6 is 0 Å². The third-order valence-corrected chi connectivity index (χ3v) is 10.2. The van der Waals surface area contributed by atoms with E-state index in [1.54, 1.807) is 0 Å². The van der Waals surface area contributed by atoms with E-state index in [-0.39, 0.29) is 0 Å². The highest BCUT2D eigenvalue weighted by Crippen LogP contribution is 2.39. The molecule has 0 spiro atoms. The van der Waals surface area contributed by atoms with Gasteiger partial charge in [-0.1, -0.05) is 169 Å². The summed E-state index contributed by atoms with van der Waals surface area (Å²) in [6.07, 6.45) is 24.9. The van der Waals surface area contributed by atoms with Gasteiger partial charge in [0.25, 0.3) is 0 Å². The first kappa shape index (κ1) is 34.0. The van der Waals surface area contributed by atoms with Gasteiger partial charge >= 0.3 is 0 Å². The van der Waals surface area contributed by atoms with Crippen LogP contribution in [0.2, 0.25) is 0 Å². The van der Waals surface area contributed by atoms with Crippen molar-refractivity contribution in [3.05, 3.63) is 201 Å². The van der Waals surface area contributed by atoms with Crippen molar-refractivity contribution in [1.29, 1.82) is 0 Å². The highest BCUT2D eigenvalue weighted by molar-refractivity contribution is 5.69. The molecule has 1 N–H and O–H groups in total. The van der Waals surface area contributed by atoms with Crippen LogP contribution in [-0.4, -0.2) is 0 Å². The summed E-state index contributed by atoms with van der Waals surface area (Å²) in [5, 5.41) is 3.58. The van der Waals surface area contributed by atoms with Gasteiger partial charge < -0.3 is 5.32 Å². The standard InChI is InChI=1S/C48H51N/c1-35-8-26-45(27-9-35)48(46-28-10-36(2)11-29-46)38(4)44-30-24-40(25-31-44)7-5-6-39-14-16-41(17-15-39)18-19-42-20-22-43(23-21-42)34-49-47-32-12-37(3)13-33-47/h5,7-12,14-30,32,38,44,48-49H,6,13,31,33-34H2,1-4H3/b7-5-,19-18+. The molecule has 248 valence electrons. The Morgan fingerprint density at radius 2 is 1.27 bits per heavy atom. The monoisotopic (exact) mass is 641 g/mol. The fraction of sp³-hybridized carbons (Fsp3) is 0.250. The average molecular weight is 642 g/mol. The van der Waals surface area contributed by atoms with Crippen LogP contribution in [0.3, 0.4) is 0 Å². The van der Waals surface area contributed by atoms with Crippen molar-refractivity contribution < 1.29 is 0 Å². The van der Waals surface area contributed by atoms with Crippen LogP contribution in [-0.2, 0) is 13.0 Å². The topological polar surface area (TPSA) is 12.0 Å². The first-order chi connectivity index (χ1) is 23.9. The van der Waals surface area contributed by atoms with Crippen molar-refractivity contribution in [3.63, 3.8) is 0 Å². The van der Waals surface area contributed by atoms with Gasteiger partial charge in [-0.3, -0.25) is 0 Å². The van der Waals surface area contributed by atoms with Crippen LogP contribution in [0.5, 0.6) is 0 Å². The summed E-state index contributed by atoms with van der Waals surface area (Å²) >= 11 is 0. The van der Waals surface area contributed by atoms with Gasteiger partial charge in [0.2, 0.25) is 0 Å². The van der Waals surface area contributed by atoms with Gasteiger partial charge in [0.1, 0.15) is 0 Å². The average Bonchev–Trinajstić information content (AvgIpc) is 3.13. The number of allylic oxidation sites excluding steroid dienone is 10. The molecule has 0 bridgehead atoms. The van der Waals surface area contributed by atoms with E-state index >= 15 is 0 Å². The molecule has 4 aromatic carbocycles. The van der Waals surface area contributed by atoms with Crippen molar-refractivity contribution in [2.75, 3.05) is 0 Å². The number of rotatable bonds is 12. The SMILES string of the molecule is CC1=CC=C(NCc2ccc(/C=C/c3ccc(C/C=C\C4=CCC(C(C)C(c5ccc(C)cc5)c5ccc(C)cc5)C=C4)cc3)cc2)CC1. The number of aryl methyl sites for hydroxylation is 2. The van der Waals surface area contributed by atoms with Crippen LogP contribution in [0.4, 0.5) is 0 Å². The highest BCUT2D eigenvalue weighted by Gasteiger charge is 2.27. The van der Waals surface area contributed by atoms with Crippen molar-refractivity contribution in [3.8, 4) is 0 Å². The van der Waals surface area contributed by atoms with Gasteiger partial charge in [-0.15, -0.1) is 0 Å². The largest absolute Gasteiger partial charge is 0.384 e. The van der Waals surface area contributed by atoms with Gasteiger partial charge in [-0.05, 0) is 103 Å². The van der Waals surface area contributed by atoms with Crippen LogP contribution < -0.4 is 5.32 Å². The number of nitrogens with one attached hydrogen (secondary N) is 1. The molecule has 2 unspecified atom stereocenters. The van der Waals surface area contributed by atoms with Gasteiger partial charge in [0.15, 0.2) is 0 Å². The van der Waals surface area contributed by atoms with E-state index in [9.17, 15) is 0 Å². The van der Waals surface area contributed by atoms with E-state index in [0.29, 0.717) is 17.8 Å². The Morgan fingerprint density at radius 3 is 1.80 bits per heavy atom. The Morgan fingerprint density at radius 1 is 0.673 bits per heavy atom. The summed E-state index contributed by atoms with van der Waals surface area (Å²) < 4.78 is 0. The van der Waals surface area contributed by atoms with Crippen LogP contribution in [0.1, 0.15) is 83.5 Å². The van der Waals surface area contributed by atoms with Crippen LogP contribution in [0, 0.1) is 25.7 Å². The molecule has 0 amide bonds. The van der Waals surface area contributed by atoms with Crippen molar-refractivity contribution in [2.45, 2.75) is 65.8 Å². The number of hydrogen-bond acceptors (Lipinski definition) is 1. The van der Waals surface area contributed by atoms with Gasteiger partial charge in [-0.2, -0.15) is 0 Å². The molecular formula is C48H51N. The maximum Gasteiger partial charge on any atom is 0.0397 e. The molecule has 0 heterocycles. The summed E-state index contributed by atoms with van der Waals surface area (Å²) in [6.45, 7) is 9.83. The summed E-state index contributed by atoms with van der Waals surface area (Å²) in [5.41, 5.74) is 14.6. The molecule has 2 atom stereocenters. The van der Waals surface area contributed by atoms with Crippen LogP contribution in [0.15, 0.2) is 156 Å². The molecule has 2 aliphatic rings. The predicted molar refractivity (Wildman–Crippen MR) is 211 cm³/mol. The molecule has 6 rings (SSSR count). The molecule has 1 heteroatoms. The fourth-order valence-corrected chi connectivity index (χ4v) is 6.90. The molecular weight excluding hydrogens is 591 g/mol. The van der Waals surface area contributed by atoms with Crippen LogP contribution in [0.25, 0.3) is 12.2 Å². The lowest BCUT2D eigenvalue weighted by Crippen LogP contribution is -2.20. The van der Waals surface area contributed by atoms with E-state index in [4.69, 9.17) is 0 Å². The molecule has 49 heavy (non-hydrogen) atoms. The third-order valence-electron chi connectivity index (χ3n) is 10.2. The maximum atomic E-state index is 3.58. The third kappa shape index (κ3) is 9.61. The van der Waals surface area contributed by atoms with E-state index < -0.39 is 0 Å². The van der Waals surface area contributed by atoms with Gasteiger partial charge in [-0.25, -0.2) is 0 Å². The lowest BCUT2D eigenvalue weighted by Gasteiger charge is -2.31. The van der Waals surface area contributed by atoms with E-state index in [1.165, 1.54) is 61.4 Å². The lowest BCUT2D eigenvalue weighted by molar-refractivity contribution is 0.386. The highest BCUT2D eigenvalue weighted by atomic mass is 14.9. The van der Waals surface area contributed by atoms with Crippen molar-refractivity contribution in [2.24, 2.45) is 11.8 Å². The number of hydrogen-bond donors (Lipinski definition) is 1. The fourth-order valence-electron chi connectivity index (χ4n) is 6.90. The van der Waals surface area contributed by atoms with Crippen molar-refractivity contribution >= 4 is 12.2 Å². The first-order valence-electron chi connectivity index (χ1n) is 18.0. The Hall–Kier alpha value is -4.88. The molecule has 0 aliphatic heterocycles. The van der Waals surface area contributed by atoms with E-state index in [1.807, 2.05) is 0 Å². The Labute approximate surface area is 295 Å². The molecule has 1 nitrogen and oxygen atoms in total. The molecule has 0 aromatic heterocycles. The van der Waals surface area contributed by atoms with E-state index in [2.05, 4.69) is 185 Å². The second-order valence-electron chi connectivity index (χ2n) is 14.1. The zero-order valence-corrected chi connectivity index (χ0v) is 29.7. The zero-order chi connectivity index (χ0) is 34.0. The molecule has 4 aromatic rings. The summed E-state index contributed by atoms with van der Waals surface area (Å²) in [4.78, 5) is 0. The Bertz CT molecular complexity index is 1810. The molecule has 0 saturated heterocycles. The minimum atomic E-state index is 0.374. The summed E-state index contributed by atoms with van der Waals surface area (Å²) in [6, 6.07) is 36.1. The quantitative estimate of drug-likeness (QED) is 0.152. The molecule has 2 aliphatic carbocycles. The van der Waals surface area contributed by atoms with Gasteiger partial charge in [0, 0.05) is 18.2 Å². The Kier molecular flexibility index (Phi) is 11.4. The molecule has 0 radical (unpaired) electrons.